The molecule has 2 N–H and O–H groups in total. The Bertz CT molecular complexity index is 1350. The molecule has 8 heteroatoms. The molecule has 1 fully saturated rings. The number of hydrogen-bond donors (Lipinski definition) is 2. The Hall–Kier alpha value is -3.11. The average Bonchev–Trinajstić information content (AvgIpc) is 3.20. The summed E-state index contributed by atoms with van der Waals surface area (Å²) in [6, 6.07) is 16.0. The lowest BCUT2D eigenvalue weighted by molar-refractivity contribution is 0.589. The van der Waals surface area contributed by atoms with Crippen LogP contribution in [0.3, 0.4) is 0 Å². The van der Waals surface area contributed by atoms with Gasteiger partial charge in [0, 0.05) is 48.7 Å². The number of nitrogens with zero attached hydrogens (tertiary/aromatic N) is 4. The molecule has 32 heavy (non-hydrogen) atoms. The zero-order chi connectivity index (χ0) is 22.2. The number of H-pyrrole nitrogens is 1. The summed E-state index contributed by atoms with van der Waals surface area (Å²) in [4.78, 5) is 7.05. The van der Waals surface area contributed by atoms with E-state index in [1.54, 1.807) is 12.1 Å². The van der Waals surface area contributed by atoms with Crippen LogP contribution >= 0.6 is 23.2 Å². The van der Waals surface area contributed by atoms with E-state index in [0.717, 1.165) is 48.4 Å². The average molecular weight is 463 g/mol. The second kappa shape index (κ2) is 8.44. The van der Waals surface area contributed by atoms with E-state index >= 15 is 0 Å². The Labute approximate surface area is 195 Å². The number of aromatic amines is 1. The first kappa shape index (κ1) is 20.8. The number of halogens is 2. The molecule has 5 rings (SSSR count). The lowest BCUT2D eigenvalue weighted by atomic mass is 9.93. The van der Waals surface area contributed by atoms with Gasteiger partial charge in [-0.15, -0.1) is 0 Å². The third kappa shape index (κ3) is 3.49. The first-order chi connectivity index (χ1) is 15.6. The number of aromatic nitrogens is 3. The van der Waals surface area contributed by atoms with Crippen molar-refractivity contribution in [2.24, 2.45) is 0 Å². The fraction of sp³-hybridized carbons (Fsp3) is 0.208. The van der Waals surface area contributed by atoms with Crippen LogP contribution in [-0.2, 0) is 0 Å². The van der Waals surface area contributed by atoms with Crippen molar-refractivity contribution in [3.8, 4) is 28.5 Å². The van der Waals surface area contributed by atoms with E-state index in [9.17, 15) is 5.26 Å². The van der Waals surface area contributed by atoms with E-state index in [2.05, 4.69) is 50.7 Å². The summed E-state index contributed by atoms with van der Waals surface area (Å²) in [6.45, 7) is 5.83. The molecule has 0 radical (unpaired) electrons. The highest BCUT2D eigenvalue weighted by atomic mass is 35.5. The number of hydrogen-bond acceptors (Lipinski definition) is 5. The van der Waals surface area contributed by atoms with Gasteiger partial charge in [0.2, 0.25) is 0 Å². The molecule has 1 aliphatic heterocycles. The Morgan fingerprint density at radius 2 is 1.81 bits per heavy atom. The van der Waals surface area contributed by atoms with E-state index in [0.29, 0.717) is 32.5 Å². The van der Waals surface area contributed by atoms with Crippen LogP contribution in [0.4, 0.5) is 5.69 Å². The third-order valence-electron chi connectivity index (χ3n) is 5.84. The van der Waals surface area contributed by atoms with Crippen LogP contribution in [0.5, 0.6) is 0 Å². The minimum Gasteiger partial charge on any atom is -0.369 e. The standard InChI is InChI=1S/C24H20Cl2N6/c1-14-20-21(15-5-7-16(8-6-15)32-11-9-28-10-12-32)18(13-27)23(29-24(20)31-30-14)17-3-2-4-19(25)22(17)26/h2-8,28H,9-12H2,1H3,(H,29,30,31). The molecule has 2 aromatic heterocycles. The van der Waals surface area contributed by atoms with Crippen LogP contribution in [-0.4, -0.2) is 41.4 Å². The SMILES string of the molecule is Cc1[nH]nc2nc(-c3cccc(Cl)c3Cl)c(C#N)c(-c3ccc(N4CCNCC4)cc3)c12. The van der Waals surface area contributed by atoms with Crippen LogP contribution in [0.1, 0.15) is 11.3 Å². The van der Waals surface area contributed by atoms with Crippen molar-refractivity contribution in [1.29, 1.82) is 5.26 Å². The molecular weight excluding hydrogens is 443 g/mol. The summed E-state index contributed by atoms with van der Waals surface area (Å²) < 4.78 is 0. The molecular formula is C24H20Cl2N6. The van der Waals surface area contributed by atoms with Gasteiger partial charge in [0.1, 0.15) is 6.07 Å². The third-order valence-corrected chi connectivity index (χ3v) is 6.66. The number of rotatable bonds is 3. The molecule has 0 bridgehead atoms. The van der Waals surface area contributed by atoms with E-state index in [-0.39, 0.29) is 0 Å². The summed E-state index contributed by atoms with van der Waals surface area (Å²) in [6.07, 6.45) is 0. The number of benzene rings is 2. The number of piperazine rings is 1. The highest BCUT2D eigenvalue weighted by molar-refractivity contribution is 6.43. The van der Waals surface area contributed by atoms with Gasteiger partial charge in [-0.2, -0.15) is 10.4 Å². The quantitative estimate of drug-likeness (QED) is 0.437. The van der Waals surface area contributed by atoms with E-state index < -0.39 is 0 Å². The number of nitriles is 1. The maximum Gasteiger partial charge on any atom is 0.182 e. The van der Waals surface area contributed by atoms with Crippen LogP contribution in [0.2, 0.25) is 10.0 Å². The summed E-state index contributed by atoms with van der Waals surface area (Å²) in [7, 11) is 0. The second-order valence-corrected chi connectivity index (χ2v) is 8.54. The number of nitrogens with one attached hydrogen (secondary N) is 2. The smallest absolute Gasteiger partial charge is 0.182 e. The Morgan fingerprint density at radius 3 is 2.53 bits per heavy atom. The van der Waals surface area contributed by atoms with Crippen LogP contribution in [0.25, 0.3) is 33.4 Å². The number of fused-ring (bicyclic) bond motifs is 1. The van der Waals surface area contributed by atoms with E-state index in [1.165, 1.54) is 5.69 Å². The Morgan fingerprint density at radius 1 is 1.06 bits per heavy atom. The Kier molecular flexibility index (Phi) is 5.48. The molecule has 1 saturated heterocycles. The maximum absolute atomic E-state index is 10.2. The van der Waals surface area contributed by atoms with Crippen molar-refractivity contribution in [3.05, 3.63) is 63.8 Å². The molecule has 0 saturated carbocycles. The van der Waals surface area contributed by atoms with Crippen molar-refractivity contribution in [1.82, 2.24) is 20.5 Å². The highest BCUT2D eigenvalue weighted by Crippen LogP contribution is 2.41. The van der Waals surface area contributed by atoms with Crippen molar-refractivity contribution in [2.45, 2.75) is 6.92 Å². The molecule has 0 atom stereocenters. The molecule has 1 aliphatic rings. The van der Waals surface area contributed by atoms with Gasteiger partial charge >= 0.3 is 0 Å². The van der Waals surface area contributed by atoms with Gasteiger partial charge in [-0.05, 0) is 30.7 Å². The molecule has 3 heterocycles. The van der Waals surface area contributed by atoms with Gasteiger partial charge in [-0.1, -0.05) is 47.5 Å². The van der Waals surface area contributed by atoms with Crippen LogP contribution in [0.15, 0.2) is 42.5 Å². The molecule has 160 valence electrons. The van der Waals surface area contributed by atoms with Crippen molar-refractivity contribution in [3.63, 3.8) is 0 Å². The topological polar surface area (TPSA) is 80.6 Å². The summed E-state index contributed by atoms with van der Waals surface area (Å²) in [5, 5.41) is 22.6. The molecule has 2 aromatic carbocycles. The first-order valence-corrected chi connectivity index (χ1v) is 11.1. The highest BCUT2D eigenvalue weighted by Gasteiger charge is 2.23. The fourth-order valence-electron chi connectivity index (χ4n) is 4.24. The maximum atomic E-state index is 10.2. The number of aryl methyl sites for hydroxylation is 1. The number of pyridine rings is 1. The van der Waals surface area contributed by atoms with Crippen molar-refractivity contribution >= 4 is 39.9 Å². The summed E-state index contributed by atoms with van der Waals surface area (Å²) >= 11 is 12.8. The predicted molar refractivity (Wildman–Crippen MR) is 129 cm³/mol. The molecule has 0 unspecified atom stereocenters. The van der Waals surface area contributed by atoms with Gasteiger partial charge in [0.05, 0.1) is 26.7 Å². The van der Waals surface area contributed by atoms with Gasteiger partial charge in [-0.3, -0.25) is 5.10 Å². The zero-order valence-corrected chi connectivity index (χ0v) is 18.9. The molecule has 0 aliphatic carbocycles. The van der Waals surface area contributed by atoms with Crippen LogP contribution < -0.4 is 10.2 Å². The predicted octanol–water partition coefficient (Wildman–Crippen LogP) is 5.19. The van der Waals surface area contributed by atoms with Gasteiger partial charge in [0.25, 0.3) is 0 Å². The van der Waals surface area contributed by atoms with Crippen LogP contribution in [0, 0.1) is 18.3 Å². The fourth-order valence-corrected chi connectivity index (χ4v) is 4.63. The first-order valence-electron chi connectivity index (χ1n) is 10.4. The number of anilines is 1. The van der Waals surface area contributed by atoms with E-state index in [1.807, 2.05) is 13.0 Å². The van der Waals surface area contributed by atoms with Crippen molar-refractivity contribution in [2.75, 3.05) is 31.1 Å². The van der Waals surface area contributed by atoms with Gasteiger partial charge in [0.15, 0.2) is 5.65 Å². The molecule has 4 aromatic rings. The summed E-state index contributed by atoms with van der Waals surface area (Å²) in [5.74, 6) is 0. The zero-order valence-electron chi connectivity index (χ0n) is 17.4. The van der Waals surface area contributed by atoms with E-state index in [4.69, 9.17) is 28.2 Å². The molecule has 0 spiro atoms. The second-order valence-electron chi connectivity index (χ2n) is 7.75. The van der Waals surface area contributed by atoms with Crippen molar-refractivity contribution < 1.29 is 0 Å². The molecule has 0 amide bonds. The van der Waals surface area contributed by atoms with Gasteiger partial charge < -0.3 is 10.2 Å². The lowest BCUT2D eigenvalue weighted by Gasteiger charge is -2.29. The minimum atomic E-state index is 0.366. The van der Waals surface area contributed by atoms with Gasteiger partial charge in [-0.25, -0.2) is 4.98 Å². The minimum absolute atomic E-state index is 0.366. The summed E-state index contributed by atoms with van der Waals surface area (Å²) in [5.41, 5.74) is 5.81. The molecule has 6 nitrogen and oxygen atoms in total. The largest absolute Gasteiger partial charge is 0.369 e. The monoisotopic (exact) mass is 462 g/mol. The Balaban J connectivity index is 1.72. The lowest BCUT2D eigenvalue weighted by Crippen LogP contribution is -2.43. The normalized spacial score (nSPS) is 14.0.